The highest BCUT2D eigenvalue weighted by atomic mass is 19.3. The third-order valence-electron chi connectivity index (χ3n) is 4.60. The highest BCUT2D eigenvalue weighted by molar-refractivity contribution is 6.00. The molecular weight excluding hydrogens is 354 g/mol. The van der Waals surface area contributed by atoms with Crippen LogP contribution in [0.25, 0.3) is 16.9 Å². The number of hydrogen-bond acceptors (Lipinski definition) is 4. The van der Waals surface area contributed by atoms with E-state index in [1.54, 1.807) is 4.90 Å². The van der Waals surface area contributed by atoms with Gasteiger partial charge in [0.1, 0.15) is 11.3 Å². The molecule has 1 aromatic carbocycles. The van der Waals surface area contributed by atoms with Gasteiger partial charge in [-0.2, -0.15) is 5.10 Å². The van der Waals surface area contributed by atoms with E-state index in [2.05, 4.69) is 10.1 Å². The van der Waals surface area contributed by atoms with Crippen molar-refractivity contribution in [3.63, 3.8) is 0 Å². The highest BCUT2D eigenvalue weighted by Gasteiger charge is 2.25. The number of carbonyl (C=O) groups is 1. The van der Waals surface area contributed by atoms with Crippen LogP contribution in [-0.2, 0) is 4.74 Å². The van der Waals surface area contributed by atoms with Crippen molar-refractivity contribution in [1.29, 1.82) is 0 Å². The number of aryl methyl sites for hydroxylation is 1. The molecular formula is C19H18F2N4O2. The SMILES string of the molecule is Cc1ccc(-c2cc(C(F)F)n3ncc(C(=O)N4CCOCC4)c3n2)cc1. The van der Waals surface area contributed by atoms with Crippen molar-refractivity contribution in [3.05, 3.63) is 53.3 Å². The van der Waals surface area contributed by atoms with Crippen molar-refractivity contribution in [1.82, 2.24) is 19.5 Å². The lowest BCUT2D eigenvalue weighted by Crippen LogP contribution is -2.40. The first kappa shape index (κ1) is 17.5. The fraction of sp³-hybridized carbons (Fsp3) is 0.316. The van der Waals surface area contributed by atoms with Gasteiger partial charge >= 0.3 is 0 Å². The number of halogens is 2. The molecule has 1 aliphatic heterocycles. The third-order valence-corrected chi connectivity index (χ3v) is 4.60. The first-order chi connectivity index (χ1) is 13.0. The third kappa shape index (κ3) is 3.28. The Bertz CT molecular complexity index is 979. The van der Waals surface area contributed by atoms with Crippen LogP contribution in [0.5, 0.6) is 0 Å². The molecule has 140 valence electrons. The monoisotopic (exact) mass is 372 g/mol. The van der Waals surface area contributed by atoms with Crippen molar-refractivity contribution < 1.29 is 18.3 Å². The molecule has 1 amide bonds. The molecule has 8 heteroatoms. The minimum absolute atomic E-state index is 0.139. The zero-order valence-corrected chi connectivity index (χ0v) is 14.7. The van der Waals surface area contributed by atoms with Gasteiger partial charge in [0, 0.05) is 18.7 Å². The van der Waals surface area contributed by atoms with Crippen LogP contribution in [-0.4, -0.2) is 51.7 Å². The van der Waals surface area contributed by atoms with Crippen molar-refractivity contribution >= 4 is 11.6 Å². The van der Waals surface area contributed by atoms with Gasteiger partial charge in [-0.05, 0) is 13.0 Å². The smallest absolute Gasteiger partial charge is 0.280 e. The van der Waals surface area contributed by atoms with Crippen LogP contribution in [0.3, 0.4) is 0 Å². The standard InChI is InChI=1S/C19H18F2N4O2/c1-12-2-4-13(5-3-12)15-10-16(17(20)21)25-18(23-15)14(11-22-25)19(26)24-6-8-27-9-7-24/h2-5,10-11,17H,6-9H2,1H3. The summed E-state index contributed by atoms with van der Waals surface area (Å²) in [5.41, 5.74) is 2.20. The second-order valence-electron chi connectivity index (χ2n) is 6.43. The van der Waals surface area contributed by atoms with Crippen LogP contribution >= 0.6 is 0 Å². The number of nitrogens with zero attached hydrogens (tertiary/aromatic N) is 4. The molecule has 0 bridgehead atoms. The molecule has 0 spiro atoms. The predicted octanol–water partition coefficient (Wildman–Crippen LogP) is 3.11. The second kappa shape index (κ2) is 7.03. The van der Waals surface area contributed by atoms with Crippen LogP contribution in [0.2, 0.25) is 0 Å². The van der Waals surface area contributed by atoms with E-state index in [4.69, 9.17) is 4.74 Å². The molecule has 3 aromatic rings. The van der Waals surface area contributed by atoms with E-state index in [9.17, 15) is 13.6 Å². The Balaban J connectivity index is 1.84. The second-order valence-corrected chi connectivity index (χ2v) is 6.43. The molecule has 4 rings (SSSR count). The first-order valence-corrected chi connectivity index (χ1v) is 8.65. The zero-order valence-electron chi connectivity index (χ0n) is 14.7. The van der Waals surface area contributed by atoms with E-state index in [0.717, 1.165) is 10.1 Å². The van der Waals surface area contributed by atoms with Crippen LogP contribution in [0.15, 0.2) is 36.5 Å². The molecule has 1 aliphatic rings. The topological polar surface area (TPSA) is 59.7 Å². The molecule has 2 aromatic heterocycles. The van der Waals surface area contributed by atoms with E-state index in [1.807, 2.05) is 31.2 Å². The average molecular weight is 372 g/mol. The van der Waals surface area contributed by atoms with Crippen molar-refractivity contribution in [2.24, 2.45) is 0 Å². The van der Waals surface area contributed by atoms with E-state index in [1.165, 1.54) is 12.3 Å². The summed E-state index contributed by atoms with van der Waals surface area (Å²) in [5, 5.41) is 4.00. The fourth-order valence-electron chi connectivity index (χ4n) is 3.10. The van der Waals surface area contributed by atoms with Gasteiger partial charge in [0.15, 0.2) is 5.65 Å². The normalized spacial score (nSPS) is 14.9. The molecule has 27 heavy (non-hydrogen) atoms. The van der Waals surface area contributed by atoms with Gasteiger partial charge < -0.3 is 9.64 Å². The molecule has 0 N–H and O–H groups in total. The van der Waals surface area contributed by atoms with Gasteiger partial charge in [-0.3, -0.25) is 4.79 Å². The van der Waals surface area contributed by atoms with Gasteiger partial charge in [-0.25, -0.2) is 18.3 Å². The van der Waals surface area contributed by atoms with Crippen molar-refractivity contribution in [2.75, 3.05) is 26.3 Å². The van der Waals surface area contributed by atoms with Gasteiger partial charge in [0.05, 0.1) is 25.1 Å². The molecule has 0 aliphatic carbocycles. The Morgan fingerprint density at radius 2 is 1.89 bits per heavy atom. The van der Waals surface area contributed by atoms with Gasteiger partial charge in [0.25, 0.3) is 12.3 Å². The van der Waals surface area contributed by atoms with Crippen LogP contribution in [0.1, 0.15) is 28.0 Å². The summed E-state index contributed by atoms with van der Waals surface area (Å²) in [6.45, 7) is 3.76. The number of ether oxygens (including phenoxy) is 1. The van der Waals surface area contributed by atoms with E-state index in [0.29, 0.717) is 37.6 Å². The number of amides is 1. The molecule has 0 radical (unpaired) electrons. The minimum Gasteiger partial charge on any atom is -0.378 e. The Kier molecular flexibility index (Phi) is 4.57. The number of alkyl halides is 2. The molecule has 3 heterocycles. The van der Waals surface area contributed by atoms with Gasteiger partial charge in [0.2, 0.25) is 0 Å². The predicted molar refractivity (Wildman–Crippen MR) is 94.8 cm³/mol. The summed E-state index contributed by atoms with van der Waals surface area (Å²) >= 11 is 0. The lowest BCUT2D eigenvalue weighted by molar-refractivity contribution is 0.0304. The number of aromatic nitrogens is 3. The maximum absolute atomic E-state index is 13.6. The summed E-state index contributed by atoms with van der Waals surface area (Å²) < 4.78 is 33.6. The maximum atomic E-state index is 13.6. The Morgan fingerprint density at radius 1 is 1.19 bits per heavy atom. The number of morpholine rings is 1. The Morgan fingerprint density at radius 3 is 2.56 bits per heavy atom. The van der Waals surface area contributed by atoms with Crippen LogP contribution in [0, 0.1) is 6.92 Å². The lowest BCUT2D eigenvalue weighted by atomic mass is 10.1. The summed E-state index contributed by atoms with van der Waals surface area (Å²) in [6, 6.07) is 8.74. The largest absolute Gasteiger partial charge is 0.378 e. The Hall–Kier alpha value is -2.87. The van der Waals surface area contributed by atoms with Gasteiger partial charge in [-0.1, -0.05) is 29.8 Å². The number of benzene rings is 1. The number of carbonyl (C=O) groups excluding carboxylic acids is 1. The zero-order chi connectivity index (χ0) is 19.0. The highest BCUT2D eigenvalue weighted by Crippen LogP contribution is 2.27. The summed E-state index contributed by atoms with van der Waals surface area (Å²) in [6.07, 6.45) is -1.43. The first-order valence-electron chi connectivity index (χ1n) is 8.65. The average Bonchev–Trinajstić information content (AvgIpc) is 3.11. The van der Waals surface area contributed by atoms with Crippen LogP contribution < -0.4 is 0 Å². The van der Waals surface area contributed by atoms with E-state index >= 15 is 0 Å². The molecule has 1 saturated heterocycles. The molecule has 0 unspecified atom stereocenters. The minimum atomic E-state index is -2.74. The number of rotatable bonds is 3. The fourth-order valence-corrected chi connectivity index (χ4v) is 3.10. The molecule has 1 fully saturated rings. The van der Waals surface area contributed by atoms with E-state index < -0.39 is 6.43 Å². The van der Waals surface area contributed by atoms with Crippen LogP contribution in [0.4, 0.5) is 8.78 Å². The van der Waals surface area contributed by atoms with E-state index in [-0.39, 0.29) is 22.8 Å². The lowest BCUT2D eigenvalue weighted by Gasteiger charge is -2.26. The van der Waals surface area contributed by atoms with Gasteiger partial charge in [-0.15, -0.1) is 0 Å². The quantitative estimate of drug-likeness (QED) is 0.709. The Labute approximate surface area is 154 Å². The number of fused-ring (bicyclic) bond motifs is 1. The van der Waals surface area contributed by atoms with Crippen molar-refractivity contribution in [3.8, 4) is 11.3 Å². The summed E-state index contributed by atoms with van der Waals surface area (Å²) in [7, 11) is 0. The maximum Gasteiger partial charge on any atom is 0.280 e. The number of hydrogen-bond donors (Lipinski definition) is 0. The molecule has 0 saturated carbocycles. The van der Waals surface area contributed by atoms with Crippen molar-refractivity contribution in [2.45, 2.75) is 13.3 Å². The summed E-state index contributed by atoms with van der Waals surface area (Å²) in [5.74, 6) is -0.276. The molecule has 6 nitrogen and oxygen atoms in total. The summed E-state index contributed by atoms with van der Waals surface area (Å²) in [4.78, 5) is 18.9. The molecule has 0 atom stereocenters.